The van der Waals surface area contributed by atoms with Crippen LogP contribution < -0.4 is 11.5 Å². The fraction of sp³-hybridized carbons (Fsp3) is 0.375. The van der Waals surface area contributed by atoms with E-state index in [0.717, 1.165) is 5.69 Å². The first-order chi connectivity index (χ1) is 5.20. The molecule has 1 rings (SSSR count). The lowest BCUT2D eigenvalue weighted by atomic mass is 10.3. The van der Waals surface area contributed by atoms with Gasteiger partial charge in [0.05, 0.1) is 5.69 Å². The minimum atomic E-state index is 0.412. The summed E-state index contributed by atoms with van der Waals surface area (Å²) in [5, 5.41) is 0. The number of aromatic nitrogens is 1. The minimum Gasteiger partial charge on any atom is -0.396 e. The summed E-state index contributed by atoms with van der Waals surface area (Å²) in [6.07, 6.45) is 0. The van der Waals surface area contributed by atoms with Crippen LogP contribution in [0.3, 0.4) is 0 Å². The van der Waals surface area contributed by atoms with Crippen molar-refractivity contribution in [3.8, 4) is 0 Å². The molecule has 4 N–H and O–H groups in total. The van der Waals surface area contributed by atoms with Crippen molar-refractivity contribution in [2.45, 2.75) is 20.8 Å². The summed E-state index contributed by atoms with van der Waals surface area (Å²) in [7, 11) is 0. The monoisotopic (exact) mass is 153 g/mol. The third-order valence-electron chi connectivity index (χ3n) is 1.10. The highest BCUT2D eigenvalue weighted by Gasteiger charge is 1.92. The third-order valence-corrected chi connectivity index (χ3v) is 1.10. The van der Waals surface area contributed by atoms with Crippen molar-refractivity contribution in [1.82, 2.24) is 4.98 Å². The molecule has 0 atom stereocenters. The average molecular weight is 153 g/mol. The van der Waals surface area contributed by atoms with E-state index >= 15 is 0 Å². The maximum Gasteiger partial charge on any atom is 0.146 e. The molecule has 0 amide bonds. The Morgan fingerprint density at radius 1 is 1.18 bits per heavy atom. The highest BCUT2D eigenvalue weighted by molar-refractivity contribution is 5.57. The Morgan fingerprint density at radius 3 is 2.09 bits per heavy atom. The Kier molecular flexibility index (Phi) is 4.03. The van der Waals surface area contributed by atoms with E-state index in [-0.39, 0.29) is 0 Å². The molecule has 0 unspecified atom stereocenters. The molecule has 0 bridgehead atoms. The zero-order chi connectivity index (χ0) is 8.85. The first-order valence-corrected chi connectivity index (χ1v) is 3.69. The van der Waals surface area contributed by atoms with E-state index in [9.17, 15) is 0 Å². The lowest BCUT2D eigenvalue weighted by molar-refractivity contribution is 1.21. The van der Waals surface area contributed by atoms with Crippen molar-refractivity contribution >= 4 is 11.5 Å². The number of aryl methyl sites for hydroxylation is 1. The molecule has 1 aromatic rings. The standard InChI is InChI=1S/C6H9N3.C2H6/c1-4-2-3-5(7)6(8)9-4;1-2/h2-3H,7H2,1H3,(H2,8,9);1-2H3. The summed E-state index contributed by atoms with van der Waals surface area (Å²) in [5.41, 5.74) is 12.2. The Labute approximate surface area is 67.4 Å². The molecule has 0 aromatic carbocycles. The summed E-state index contributed by atoms with van der Waals surface area (Å²) in [6.45, 7) is 5.87. The second-order valence-corrected chi connectivity index (χ2v) is 1.93. The predicted octanol–water partition coefficient (Wildman–Crippen LogP) is 1.58. The van der Waals surface area contributed by atoms with Crippen LogP contribution in [-0.4, -0.2) is 4.98 Å². The summed E-state index contributed by atoms with van der Waals surface area (Å²) in [5.74, 6) is 0.412. The Bertz CT molecular complexity index is 221. The fourth-order valence-electron chi connectivity index (χ4n) is 0.588. The average Bonchev–Trinajstić information content (AvgIpc) is 2.02. The third kappa shape index (κ3) is 2.89. The van der Waals surface area contributed by atoms with Crippen molar-refractivity contribution in [3.63, 3.8) is 0 Å². The zero-order valence-corrected chi connectivity index (χ0v) is 7.26. The number of rotatable bonds is 0. The second-order valence-electron chi connectivity index (χ2n) is 1.93. The molecule has 0 radical (unpaired) electrons. The lowest BCUT2D eigenvalue weighted by Crippen LogP contribution is -1.97. The molecule has 62 valence electrons. The van der Waals surface area contributed by atoms with E-state index < -0.39 is 0 Å². The van der Waals surface area contributed by atoms with Crippen molar-refractivity contribution in [3.05, 3.63) is 17.8 Å². The molecule has 0 saturated heterocycles. The maximum atomic E-state index is 5.40. The van der Waals surface area contributed by atoms with Gasteiger partial charge in [-0.25, -0.2) is 4.98 Å². The summed E-state index contributed by atoms with van der Waals surface area (Å²) in [6, 6.07) is 3.57. The number of nitrogens with two attached hydrogens (primary N) is 2. The van der Waals surface area contributed by atoms with E-state index in [2.05, 4.69) is 4.98 Å². The van der Waals surface area contributed by atoms with Crippen LogP contribution in [0.1, 0.15) is 19.5 Å². The van der Waals surface area contributed by atoms with Gasteiger partial charge in [0.2, 0.25) is 0 Å². The first-order valence-electron chi connectivity index (χ1n) is 3.69. The van der Waals surface area contributed by atoms with Crippen LogP contribution in [0.5, 0.6) is 0 Å². The number of hydrogen-bond acceptors (Lipinski definition) is 3. The number of nitrogens with zero attached hydrogens (tertiary/aromatic N) is 1. The van der Waals surface area contributed by atoms with Crippen LogP contribution in [0, 0.1) is 6.92 Å². The smallest absolute Gasteiger partial charge is 0.146 e. The molecule has 0 fully saturated rings. The van der Waals surface area contributed by atoms with Gasteiger partial charge in [-0.15, -0.1) is 0 Å². The van der Waals surface area contributed by atoms with E-state index in [0.29, 0.717) is 11.5 Å². The Hall–Kier alpha value is -1.25. The largest absolute Gasteiger partial charge is 0.396 e. The lowest BCUT2D eigenvalue weighted by Gasteiger charge is -1.97. The molecule has 0 saturated carbocycles. The number of anilines is 2. The Balaban J connectivity index is 0.000000461. The molecule has 0 spiro atoms. The van der Waals surface area contributed by atoms with Gasteiger partial charge >= 0.3 is 0 Å². The normalized spacial score (nSPS) is 8.27. The van der Waals surface area contributed by atoms with Gasteiger partial charge in [0, 0.05) is 5.69 Å². The van der Waals surface area contributed by atoms with Crippen LogP contribution in [0.25, 0.3) is 0 Å². The van der Waals surface area contributed by atoms with E-state index in [4.69, 9.17) is 11.5 Å². The van der Waals surface area contributed by atoms with Crippen molar-refractivity contribution < 1.29 is 0 Å². The maximum absolute atomic E-state index is 5.40. The van der Waals surface area contributed by atoms with Crippen LogP contribution >= 0.6 is 0 Å². The second kappa shape index (κ2) is 4.55. The predicted molar refractivity (Wildman–Crippen MR) is 49.1 cm³/mol. The minimum absolute atomic E-state index is 0.412. The number of nitrogen functional groups attached to an aromatic ring is 2. The van der Waals surface area contributed by atoms with Crippen LogP contribution in [-0.2, 0) is 0 Å². The molecule has 1 aromatic heterocycles. The highest BCUT2D eigenvalue weighted by atomic mass is 14.9. The highest BCUT2D eigenvalue weighted by Crippen LogP contribution is 2.09. The molecular weight excluding hydrogens is 138 g/mol. The number of hydrogen-bond donors (Lipinski definition) is 2. The summed E-state index contributed by atoms with van der Waals surface area (Å²) >= 11 is 0. The molecule has 0 aliphatic rings. The van der Waals surface area contributed by atoms with Gasteiger partial charge in [-0.2, -0.15) is 0 Å². The van der Waals surface area contributed by atoms with Crippen molar-refractivity contribution in [2.24, 2.45) is 0 Å². The Morgan fingerprint density at radius 2 is 1.73 bits per heavy atom. The number of pyridine rings is 1. The molecule has 0 aliphatic heterocycles. The van der Waals surface area contributed by atoms with Gasteiger partial charge < -0.3 is 11.5 Å². The van der Waals surface area contributed by atoms with Crippen LogP contribution in [0.4, 0.5) is 11.5 Å². The zero-order valence-electron chi connectivity index (χ0n) is 7.26. The molecule has 3 heteroatoms. The van der Waals surface area contributed by atoms with Gasteiger partial charge in [-0.05, 0) is 19.1 Å². The first kappa shape index (κ1) is 9.75. The van der Waals surface area contributed by atoms with Crippen molar-refractivity contribution in [2.75, 3.05) is 11.5 Å². The quantitative estimate of drug-likeness (QED) is 0.594. The topological polar surface area (TPSA) is 64.9 Å². The van der Waals surface area contributed by atoms with Crippen molar-refractivity contribution in [1.29, 1.82) is 0 Å². The van der Waals surface area contributed by atoms with E-state index in [1.54, 1.807) is 6.07 Å². The molecule has 3 nitrogen and oxygen atoms in total. The van der Waals surface area contributed by atoms with Gasteiger partial charge in [0.1, 0.15) is 5.82 Å². The molecule has 11 heavy (non-hydrogen) atoms. The molecule has 1 heterocycles. The molecular formula is C8H15N3. The van der Waals surface area contributed by atoms with Gasteiger partial charge in [0.15, 0.2) is 0 Å². The van der Waals surface area contributed by atoms with Crippen LogP contribution in [0.2, 0.25) is 0 Å². The SMILES string of the molecule is CC.Cc1ccc(N)c(N)n1. The van der Waals surface area contributed by atoms with Crippen LogP contribution in [0.15, 0.2) is 12.1 Å². The summed E-state index contributed by atoms with van der Waals surface area (Å²) in [4.78, 5) is 3.93. The fourth-order valence-corrected chi connectivity index (χ4v) is 0.588. The van der Waals surface area contributed by atoms with Gasteiger partial charge in [-0.1, -0.05) is 13.8 Å². The van der Waals surface area contributed by atoms with E-state index in [1.807, 2.05) is 26.8 Å². The molecule has 0 aliphatic carbocycles. The van der Waals surface area contributed by atoms with Gasteiger partial charge in [0.25, 0.3) is 0 Å². The van der Waals surface area contributed by atoms with Gasteiger partial charge in [-0.3, -0.25) is 0 Å². The van der Waals surface area contributed by atoms with E-state index in [1.165, 1.54) is 0 Å². The summed E-state index contributed by atoms with van der Waals surface area (Å²) < 4.78 is 0.